The van der Waals surface area contributed by atoms with Crippen LogP contribution in [-0.4, -0.2) is 12.5 Å². The van der Waals surface area contributed by atoms with Crippen molar-refractivity contribution in [1.82, 2.24) is 0 Å². The molecule has 106 valence electrons. The molecule has 0 aromatic heterocycles. The molecule has 0 radical (unpaired) electrons. The minimum atomic E-state index is 0.0872. The molecule has 2 aliphatic heterocycles. The predicted molar refractivity (Wildman–Crippen MR) is 84.4 cm³/mol. The zero-order valence-corrected chi connectivity index (χ0v) is 11.7. The van der Waals surface area contributed by atoms with Gasteiger partial charge in [-0.25, -0.2) is 0 Å². The number of nitrogens with zero attached hydrogens (tertiary/aromatic N) is 1. The lowest BCUT2D eigenvalue weighted by atomic mass is 10.1. The first kappa shape index (κ1) is 12.3. The lowest BCUT2D eigenvalue weighted by molar-refractivity contribution is -0.115. The summed E-state index contributed by atoms with van der Waals surface area (Å²) in [6.45, 7) is 1.89. The first-order valence-corrected chi connectivity index (χ1v) is 7.24. The number of carbonyl (C=O) groups excluding carboxylic acids is 1. The van der Waals surface area contributed by atoms with Crippen molar-refractivity contribution in [2.75, 3.05) is 22.5 Å². The summed E-state index contributed by atoms with van der Waals surface area (Å²) in [5.41, 5.74) is 12.6. The molecule has 0 saturated carbocycles. The van der Waals surface area contributed by atoms with Crippen LogP contribution in [0.1, 0.15) is 16.7 Å². The Morgan fingerprint density at radius 3 is 2.95 bits per heavy atom. The van der Waals surface area contributed by atoms with Gasteiger partial charge < -0.3 is 16.0 Å². The van der Waals surface area contributed by atoms with E-state index in [0.29, 0.717) is 6.42 Å². The Morgan fingerprint density at radius 2 is 2.05 bits per heavy atom. The Kier molecular flexibility index (Phi) is 2.64. The standard InChI is InChI=1S/C17H17N3O/c18-14-2-4-16-12(8-14)5-6-20(16)10-11-1-3-15-13(7-11)9-17(21)19-15/h1-4,7-8H,5-6,9-10,18H2,(H,19,21). The minimum Gasteiger partial charge on any atom is -0.399 e. The van der Waals surface area contributed by atoms with Crippen molar-refractivity contribution in [3.8, 4) is 0 Å². The van der Waals surface area contributed by atoms with E-state index < -0.39 is 0 Å². The number of benzene rings is 2. The molecule has 0 aliphatic carbocycles. The van der Waals surface area contributed by atoms with E-state index in [0.717, 1.165) is 36.4 Å². The van der Waals surface area contributed by atoms with E-state index in [9.17, 15) is 4.79 Å². The van der Waals surface area contributed by atoms with Crippen molar-refractivity contribution in [3.63, 3.8) is 0 Å². The van der Waals surface area contributed by atoms with Crippen molar-refractivity contribution >= 4 is 23.0 Å². The summed E-state index contributed by atoms with van der Waals surface area (Å²) >= 11 is 0. The van der Waals surface area contributed by atoms with Gasteiger partial charge in [-0.3, -0.25) is 4.79 Å². The molecule has 2 aromatic rings. The van der Waals surface area contributed by atoms with Gasteiger partial charge >= 0.3 is 0 Å². The van der Waals surface area contributed by atoms with Crippen molar-refractivity contribution < 1.29 is 4.79 Å². The zero-order chi connectivity index (χ0) is 14.4. The van der Waals surface area contributed by atoms with E-state index >= 15 is 0 Å². The SMILES string of the molecule is Nc1ccc2c(c1)CCN2Cc1ccc2c(c1)CC(=O)N2. The van der Waals surface area contributed by atoms with Crippen LogP contribution in [0.5, 0.6) is 0 Å². The molecule has 4 nitrogen and oxygen atoms in total. The van der Waals surface area contributed by atoms with Crippen molar-refractivity contribution in [3.05, 3.63) is 53.1 Å². The predicted octanol–water partition coefficient (Wildman–Crippen LogP) is 2.33. The van der Waals surface area contributed by atoms with E-state index in [1.807, 2.05) is 12.1 Å². The van der Waals surface area contributed by atoms with Crippen LogP contribution in [0.4, 0.5) is 17.1 Å². The fraction of sp³-hybridized carbons (Fsp3) is 0.235. The molecule has 0 bridgehead atoms. The van der Waals surface area contributed by atoms with Crippen LogP contribution in [0, 0.1) is 0 Å². The molecule has 3 N–H and O–H groups in total. The summed E-state index contributed by atoms with van der Waals surface area (Å²) in [5, 5.41) is 2.87. The highest BCUT2D eigenvalue weighted by molar-refractivity contribution is 5.99. The van der Waals surface area contributed by atoms with Gasteiger partial charge in [0.25, 0.3) is 0 Å². The first-order chi connectivity index (χ1) is 10.2. The Balaban J connectivity index is 1.59. The number of amides is 1. The second kappa shape index (κ2) is 4.52. The third-order valence-corrected chi connectivity index (χ3v) is 4.26. The summed E-state index contributed by atoms with van der Waals surface area (Å²) in [6, 6.07) is 12.4. The summed E-state index contributed by atoms with van der Waals surface area (Å²) < 4.78 is 0. The van der Waals surface area contributed by atoms with Crippen LogP contribution in [0.25, 0.3) is 0 Å². The third kappa shape index (κ3) is 2.13. The molecule has 1 amide bonds. The number of rotatable bonds is 2. The number of anilines is 3. The second-order valence-electron chi connectivity index (χ2n) is 5.78. The number of nitrogens with one attached hydrogen (secondary N) is 1. The number of hydrogen-bond donors (Lipinski definition) is 2. The first-order valence-electron chi connectivity index (χ1n) is 7.24. The average molecular weight is 279 g/mol. The Morgan fingerprint density at radius 1 is 1.14 bits per heavy atom. The molecule has 2 heterocycles. The minimum absolute atomic E-state index is 0.0872. The lowest BCUT2D eigenvalue weighted by Crippen LogP contribution is -2.19. The highest BCUT2D eigenvalue weighted by atomic mass is 16.1. The van der Waals surface area contributed by atoms with E-state index in [2.05, 4.69) is 34.5 Å². The highest BCUT2D eigenvalue weighted by Crippen LogP contribution is 2.32. The summed E-state index contributed by atoms with van der Waals surface area (Å²) in [5.74, 6) is 0.0872. The van der Waals surface area contributed by atoms with Gasteiger partial charge in [-0.1, -0.05) is 12.1 Å². The number of carbonyl (C=O) groups is 1. The summed E-state index contributed by atoms with van der Waals surface area (Å²) in [6.07, 6.45) is 1.54. The van der Waals surface area contributed by atoms with Gasteiger partial charge in [-0.2, -0.15) is 0 Å². The normalized spacial score (nSPS) is 15.8. The van der Waals surface area contributed by atoms with Gasteiger partial charge in [0.05, 0.1) is 6.42 Å². The van der Waals surface area contributed by atoms with Crippen LogP contribution in [0.2, 0.25) is 0 Å². The highest BCUT2D eigenvalue weighted by Gasteiger charge is 2.21. The Bertz CT molecular complexity index is 739. The van der Waals surface area contributed by atoms with Crippen LogP contribution in [0.15, 0.2) is 36.4 Å². The molecule has 21 heavy (non-hydrogen) atoms. The largest absolute Gasteiger partial charge is 0.399 e. The van der Waals surface area contributed by atoms with Gasteiger partial charge in [0, 0.05) is 30.2 Å². The van der Waals surface area contributed by atoms with Gasteiger partial charge in [0.2, 0.25) is 5.91 Å². The summed E-state index contributed by atoms with van der Waals surface area (Å²) in [7, 11) is 0. The maximum atomic E-state index is 11.4. The van der Waals surface area contributed by atoms with Gasteiger partial charge in [-0.15, -0.1) is 0 Å². The fourth-order valence-electron chi connectivity index (χ4n) is 3.26. The Labute approximate surface area is 123 Å². The van der Waals surface area contributed by atoms with E-state index in [4.69, 9.17) is 5.73 Å². The number of fused-ring (bicyclic) bond motifs is 2. The molecule has 0 spiro atoms. The molecular weight excluding hydrogens is 262 g/mol. The maximum absolute atomic E-state index is 11.4. The van der Waals surface area contributed by atoms with Crippen molar-refractivity contribution in [1.29, 1.82) is 0 Å². The van der Waals surface area contributed by atoms with Crippen LogP contribution in [0.3, 0.4) is 0 Å². The zero-order valence-electron chi connectivity index (χ0n) is 11.7. The second-order valence-corrected chi connectivity index (χ2v) is 5.78. The third-order valence-electron chi connectivity index (χ3n) is 4.26. The topological polar surface area (TPSA) is 58.4 Å². The number of nitrogen functional groups attached to an aromatic ring is 1. The van der Waals surface area contributed by atoms with Gasteiger partial charge in [0.1, 0.15) is 0 Å². The van der Waals surface area contributed by atoms with Crippen LogP contribution >= 0.6 is 0 Å². The van der Waals surface area contributed by atoms with Crippen molar-refractivity contribution in [2.45, 2.75) is 19.4 Å². The van der Waals surface area contributed by atoms with E-state index in [-0.39, 0.29) is 5.91 Å². The molecule has 4 rings (SSSR count). The molecule has 4 heteroatoms. The smallest absolute Gasteiger partial charge is 0.228 e. The van der Waals surface area contributed by atoms with E-state index in [1.54, 1.807) is 0 Å². The average Bonchev–Trinajstić information content (AvgIpc) is 3.01. The molecule has 0 atom stereocenters. The van der Waals surface area contributed by atoms with Gasteiger partial charge in [-0.05, 0) is 47.4 Å². The molecule has 0 fully saturated rings. The van der Waals surface area contributed by atoms with Gasteiger partial charge in [0.15, 0.2) is 0 Å². The number of hydrogen-bond acceptors (Lipinski definition) is 3. The molecule has 0 saturated heterocycles. The van der Waals surface area contributed by atoms with Crippen LogP contribution < -0.4 is 16.0 Å². The quantitative estimate of drug-likeness (QED) is 0.829. The molecule has 2 aromatic carbocycles. The Hall–Kier alpha value is -2.49. The maximum Gasteiger partial charge on any atom is 0.228 e. The molecule has 0 unspecified atom stereocenters. The summed E-state index contributed by atoms with van der Waals surface area (Å²) in [4.78, 5) is 13.8. The fourth-order valence-corrected chi connectivity index (χ4v) is 3.26. The molecular formula is C17H17N3O. The number of nitrogens with two attached hydrogens (primary N) is 1. The molecule has 2 aliphatic rings. The van der Waals surface area contributed by atoms with Crippen molar-refractivity contribution in [2.24, 2.45) is 0 Å². The van der Waals surface area contributed by atoms with Crippen LogP contribution in [-0.2, 0) is 24.2 Å². The lowest BCUT2D eigenvalue weighted by Gasteiger charge is -2.20. The van der Waals surface area contributed by atoms with E-state index in [1.165, 1.54) is 16.8 Å². The monoisotopic (exact) mass is 279 g/mol.